The number of fused-ring (bicyclic) bond motifs is 3. The molecule has 2 N–H and O–H groups in total. The number of terminal acetylenes is 1. The first-order valence-electron chi connectivity index (χ1n) is 10.8. The Morgan fingerprint density at radius 1 is 1.20 bits per heavy atom. The van der Waals surface area contributed by atoms with Crippen molar-refractivity contribution in [2.75, 3.05) is 39.2 Å². The average Bonchev–Trinajstić information content (AvgIpc) is 3.42. The number of nitrogens with zero attached hydrogens (tertiary/aromatic N) is 1. The van der Waals surface area contributed by atoms with Crippen LogP contribution >= 0.6 is 0 Å². The number of nitrogens with one attached hydrogen (secondary N) is 2. The van der Waals surface area contributed by atoms with Crippen LogP contribution in [0.4, 0.5) is 5.69 Å². The van der Waals surface area contributed by atoms with Gasteiger partial charge in [0.05, 0.1) is 29.7 Å². The molecule has 0 saturated heterocycles. The minimum Gasteiger partial charge on any atom is -0.466 e. The third kappa shape index (κ3) is 4.18. The summed E-state index contributed by atoms with van der Waals surface area (Å²) >= 11 is 0. The molecule has 0 radical (unpaired) electrons. The van der Waals surface area contributed by atoms with Gasteiger partial charge in [0, 0.05) is 37.1 Å². The van der Waals surface area contributed by atoms with Gasteiger partial charge in [-0.15, -0.1) is 6.42 Å². The van der Waals surface area contributed by atoms with Crippen LogP contribution in [-0.2, 0) is 29.1 Å². The molecule has 2 aromatic rings. The quantitative estimate of drug-likeness (QED) is 0.320. The van der Waals surface area contributed by atoms with Gasteiger partial charge in [-0.2, -0.15) is 0 Å². The van der Waals surface area contributed by atoms with E-state index in [1.165, 1.54) is 13.2 Å². The first-order valence-corrected chi connectivity index (χ1v) is 12.2. The van der Waals surface area contributed by atoms with Crippen molar-refractivity contribution in [1.29, 1.82) is 0 Å². The Bertz CT molecular complexity index is 1420. The summed E-state index contributed by atoms with van der Waals surface area (Å²) in [5, 5.41) is 3.85. The lowest BCUT2D eigenvalue weighted by molar-refractivity contribution is -0.138. The summed E-state index contributed by atoms with van der Waals surface area (Å²) in [4.78, 5) is 27.4. The Hall–Kier alpha value is -3.65. The number of hydrogen-bond donors (Lipinski definition) is 2. The largest absolute Gasteiger partial charge is 0.466 e. The first-order chi connectivity index (χ1) is 16.6. The second-order valence-corrected chi connectivity index (χ2v) is 10.0. The highest BCUT2D eigenvalue weighted by Crippen LogP contribution is 2.43. The zero-order valence-electron chi connectivity index (χ0n) is 19.5. The van der Waals surface area contributed by atoms with Gasteiger partial charge in [-0.05, 0) is 18.2 Å². The smallest absolute Gasteiger partial charge is 0.337 e. The molecule has 2 bridgehead atoms. The summed E-state index contributed by atoms with van der Waals surface area (Å²) in [6, 6.07) is 10.5. The molecule has 2 aromatic carbocycles. The molecule has 0 aliphatic carbocycles. The van der Waals surface area contributed by atoms with Crippen molar-refractivity contribution in [3.8, 4) is 12.3 Å². The number of rotatable bonds is 8. The second kappa shape index (κ2) is 9.19. The van der Waals surface area contributed by atoms with Crippen LogP contribution in [0, 0.1) is 12.3 Å². The van der Waals surface area contributed by atoms with Crippen LogP contribution in [0.2, 0.25) is 0 Å². The number of hydrogen-bond acceptors (Lipinski definition) is 7. The highest BCUT2D eigenvalue weighted by atomic mass is 32.2. The minimum atomic E-state index is -4.04. The van der Waals surface area contributed by atoms with Crippen LogP contribution in [0.15, 0.2) is 64.6 Å². The summed E-state index contributed by atoms with van der Waals surface area (Å²) in [5.41, 5.74) is -0.628. The molecule has 0 fully saturated rings. The summed E-state index contributed by atoms with van der Waals surface area (Å²) in [5.74, 6) is 0.933. The molecule has 1 amide bonds. The monoisotopic (exact) mass is 495 g/mol. The molecule has 0 spiro atoms. The van der Waals surface area contributed by atoms with Crippen molar-refractivity contribution < 1.29 is 27.5 Å². The maximum absolute atomic E-state index is 13.4. The van der Waals surface area contributed by atoms with Crippen LogP contribution in [0.5, 0.6) is 0 Å². The molecule has 2 heterocycles. The molecular formula is C25H25N3O6S. The SMILES string of the molecule is C#CCNC(=O)C1=C(C(=O)OC)C2(CNS(=O)(=O)c3cccc4c(N(C)C)cccc34)C=CC1O2. The van der Waals surface area contributed by atoms with Crippen LogP contribution in [-0.4, -0.2) is 66.3 Å². The Morgan fingerprint density at radius 2 is 1.91 bits per heavy atom. The van der Waals surface area contributed by atoms with Crippen LogP contribution < -0.4 is 14.9 Å². The highest BCUT2D eigenvalue weighted by Gasteiger charge is 2.54. The van der Waals surface area contributed by atoms with E-state index in [1.807, 2.05) is 31.1 Å². The predicted octanol–water partition coefficient (Wildman–Crippen LogP) is 1.11. The standard InChI is InChI=1S/C25H25N3O6S/c1-5-14-26-23(29)21-19-12-13-25(34-19,22(21)24(30)33-4)15-27-35(31,32)20-11-7-8-16-17(20)9-6-10-18(16)28(2)3/h1,6-13,19,27H,14-15H2,2-4H3,(H,26,29). The van der Waals surface area contributed by atoms with Gasteiger partial charge in [-0.3, -0.25) is 4.79 Å². The fourth-order valence-corrected chi connectivity index (χ4v) is 5.71. The summed E-state index contributed by atoms with van der Waals surface area (Å²) in [6.45, 7) is -0.356. The van der Waals surface area contributed by atoms with E-state index < -0.39 is 33.6 Å². The van der Waals surface area contributed by atoms with E-state index in [4.69, 9.17) is 15.9 Å². The first kappa shape index (κ1) is 24.5. The average molecular weight is 496 g/mol. The lowest BCUT2D eigenvalue weighted by Gasteiger charge is -2.26. The molecule has 4 rings (SSSR count). The minimum absolute atomic E-state index is 0.0388. The number of carbonyl (C=O) groups is 2. The van der Waals surface area contributed by atoms with E-state index in [0.717, 1.165) is 11.1 Å². The van der Waals surface area contributed by atoms with Crippen molar-refractivity contribution in [1.82, 2.24) is 10.0 Å². The van der Waals surface area contributed by atoms with E-state index in [9.17, 15) is 18.0 Å². The van der Waals surface area contributed by atoms with Crippen LogP contribution in [0.25, 0.3) is 10.8 Å². The lowest BCUT2D eigenvalue weighted by atomic mass is 9.86. The maximum Gasteiger partial charge on any atom is 0.337 e. The molecule has 2 aliphatic rings. The number of amides is 1. The molecule has 9 nitrogen and oxygen atoms in total. The number of sulfonamides is 1. The van der Waals surface area contributed by atoms with Gasteiger partial charge in [0.2, 0.25) is 10.0 Å². The van der Waals surface area contributed by atoms with Crippen molar-refractivity contribution in [2.45, 2.75) is 16.6 Å². The number of carbonyl (C=O) groups excluding carboxylic acids is 2. The molecule has 35 heavy (non-hydrogen) atoms. The molecular weight excluding hydrogens is 470 g/mol. The van der Waals surface area contributed by atoms with Gasteiger partial charge in [0.15, 0.2) is 0 Å². The van der Waals surface area contributed by atoms with E-state index >= 15 is 0 Å². The van der Waals surface area contributed by atoms with Gasteiger partial charge in [0.1, 0.15) is 11.7 Å². The zero-order chi connectivity index (χ0) is 25.4. The van der Waals surface area contributed by atoms with Gasteiger partial charge < -0.3 is 19.7 Å². The van der Waals surface area contributed by atoms with Gasteiger partial charge in [-0.25, -0.2) is 17.9 Å². The zero-order valence-corrected chi connectivity index (χ0v) is 20.3. The topological polar surface area (TPSA) is 114 Å². The third-order valence-electron chi connectivity index (χ3n) is 5.99. The summed E-state index contributed by atoms with van der Waals surface area (Å²) < 4.78 is 40.2. The third-order valence-corrected chi connectivity index (χ3v) is 7.45. The second-order valence-electron chi connectivity index (χ2n) is 8.30. The fourth-order valence-electron chi connectivity index (χ4n) is 4.43. The fraction of sp³-hybridized carbons (Fsp3) is 0.280. The lowest BCUT2D eigenvalue weighted by Crippen LogP contribution is -2.44. The molecule has 0 saturated carbocycles. The Kier molecular flexibility index (Phi) is 6.42. The number of methoxy groups -OCH3 is 1. The van der Waals surface area contributed by atoms with Crippen LogP contribution in [0.3, 0.4) is 0 Å². The number of ether oxygens (including phenoxy) is 2. The number of benzene rings is 2. The normalized spacial score (nSPS) is 20.7. The van der Waals surface area contributed by atoms with E-state index in [1.54, 1.807) is 30.4 Å². The van der Waals surface area contributed by atoms with E-state index in [-0.39, 0.29) is 29.1 Å². The molecule has 2 unspecified atom stereocenters. The van der Waals surface area contributed by atoms with Crippen molar-refractivity contribution in [3.63, 3.8) is 0 Å². The molecule has 0 aromatic heterocycles. The van der Waals surface area contributed by atoms with Gasteiger partial charge in [0.25, 0.3) is 5.91 Å². The molecule has 2 atom stereocenters. The summed E-state index contributed by atoms with van der Waals surface area (Å²) in [7, 11) is 0.902. The molecule has 10 heteroatoms. The predicted molar refractivity (Wildman–Crippen MR) is 131 cm³/mol. The van der Waals surface area contributed by atoms with Gasteiger partial charge in [-0.1, -0.05) is 36.3 Å². The Balaban J connectivity index is 1.70. The van der Waals surface area contributed by atoms with Crippen molar-refractivity contribution in [2.24, 2.45) is 0 Å². The Morgan fingerprint density at radius 3 is 2.60 bits per heavy atom. The maximum atomic E-state index is 13.4. The number of esters is 1. The van der Waals surface area contributed by atoms with Crippen molar-refractivity contribution in [3.05, 3.63) is 59.7 Å². The van der Waals surface area contributed by atoms with Crippen molar-refractivity contribution >= 4 is 38.4 Å². The number of anilines is 1. The van der Waals surface area contributed by atoms with E-state index in [2.05, 4.69) is 16.0 Å². The highest BCUT2D eigenvalue weighted by molar-refractivity contribution is 7.89. The van der Waals surface area contributed by atoms with E-state index in [0.29, 0.717) is 5.39 Å². The Labute approximate surface area is 203 Å². The summed E-state index contributed by atoms with van der Waals surface area (Å²) in [6.07, 6.45) is 7.56. The molecule has 182 valence electrons. The van der Waals surface area contributed by atoms with Crippen LogP contribution in [0.1, 0.15) is 0 Å². The van der Waals surface area contributed by atoms with Gasteiger partial charge >= 0.3 is 5.97 Å². The molecule has 2 aliphatic heterocycles.